The molecule has 0 amide bonds. The van der Waals surface area contributed by atoms with E-state index in [0.717, 1.165) is 49.1 Å². The molecule has 3 rings (SSSR count). The third-order valence-electron chi connectivity index (χ3n) is 5.29. The summed E-state index contributed by atoms with van der Waals surface area (Å²) in [5.41, 5.74) is 2.08. The van der Waals surface area contributed by atoms with Crippen molar-refractivity contribution in [3.8, 4) is 0 Å². The molecule has 0 saturated carbocycles. The van der Waals surface area contributed by atoms with Gasteiger partial charge in [0.15, 0.2) is 5.11 Å². The number of esters is 2. The minimum atomic E-state index is -0.486. The van der Waals surface area contributed by atoms with Crippen molar-refractivity contribution in [3.63, 3.8) is 0 Å². The molecule has 10 heteroatoms. The lowest BCUT2D eigenvalue weighted by molar-refractivity contribution is 0.0527. The number of rotatable bonds is 7. The summed E-state index contributed by atoms with van der Waals surface area (Å²) in [7, 11) is 0. The maximum Gasteiger partial charge on any atom is 0.348 e. The average molecular weight is 510 g/mol. The Kier molecular flexibility index (Phi) is 9.08. The number of thiocarbonyl (C=S) groups is 1. The molecule has 1 aliphatic rings. The summed E-state index contributed by atoms with van der Waals surface area (Å²) in [5, 5.41) is 4.94. The third kappa shape index (κ3) is 6.44. The summed E-state index contributed by atoms with van der Waals surface area (Å²) in [4.78, 5) is 29.8. The SMILES string of the molecule is CCOC(=O)c1sc(NC(=S)N2CCN(Cc3ccc(Cl)cc3)CC2)c(C(=O)OCC)c1C. The molecule has 7 nitrogen and oxygen atoms in total. The fourth-order valence-corrected chi connectivity index (χ4v) is 5.14. The molecule has 0 unspecified atom stereocenters. The van der Waals surface area contributed by atoms with Crippen LogP contribution in [-0.4, -0.2) is 66.2 Å². The number of piperazine rings is 1. The van der Waals surface area contributed by atoms with Crippen molar-refractivity contribution < 1.29 is 19.1 Å². The topological polar surface area (TPSA) is 71.1 Å². The van der Waals surface area contributed by atoms with Crippen molar-refractivity contribution in [1.82, 2.24) is 9.80 Å². The van der Waals surface area contributed by atoms with Crippen LogP contribution in [0.5, 0.6) is 0 Å². The number of hydrogen-bond donors (Lipinski definition) is 1. The molecule has 1 fully saturated rings. The fourth-order valence-electron chi connectivity index (χ4n) is 3.58. The number of halogens is 1. The number of ether oxygens (including phenoxy) is 2. The van der Waals surface area contributed by atoms with E-state index in [1.165, 1.54) is 5.56 Å². The zero-order valence-electron chi connectivity index (χ0n) is 19.0. The first-order valence-electron chi connectivity index (χ1n) is 10.8. The molecule has 0 atom stereocenters. The normalized spacial score (nSPS) is 14.1. The number of thiophene rings is 1. The average Bonchev–Trinajstić information content (AvgIpc) is 3.12. The van der Waals surface area contributed by atoms with E-state index in [4.69, 9.17) is 33.3 Å². The van der Waals surface area contributed by atoms with Gasteiger partial charge in [0.25, 0.3) is 0 Å². The van der Waals surface area contributed by atoms with Crippen LogP contribution in [0.2, 0.25) is 5.02 Å². The van der Waals surface area contributed by atoms with Gasteiger partial charge >= 0.3 is 11.9 Å². The Labute approximate surface area is 208 Å². The molecule has 0 radical (unpaired) electrons. The van der Waals surface area contributed by atoms with Crippen LogP contribution < -0.4 is 5.32 Å². The van der Waals surface area contributed by atoms with Gasteiger partial charge < -0.3 is 19.7 Å². The van der Waals surface area contributed by atoms with Gasteiger partial charge in [0.05, 0.1) is 18.8 Å². The summed E-state index contributed by atoms with van der Waals surface area (Å²) >= 11 is 12.8. The highest BCUT2D eigenvalue weighted by Crippen LogP contribution is 2.34. The van der Waals surface area contributed by atoms with Crippen molar-refractivity contribution in [3.05, 3.63) is 50.9 Å². The molecule has 178 valence electrons. The Balaban J connectivity index is 1.66. The second kappa shape index (κ2) is 11.8. The summed E-state index contributed by atoms with van der Waals surface area (Å²) in [6.45, 7) is 9.77. The lowest BCUT2D eigenvalue weighted by atomic mass is 10.1. The number of hydrogen-bond acceptors (Lipinski definition) is 7. The summed E-state index contributed by atoms with van der Waals surface area (Å²) in [6.07, 6.45) is 0. The van der Waals surface area contributed by atoms with E-state index in [0.29, 0.717) is 26.1 Å². The molecule has 33 heavy (non-hydrogen) atoms. The highest BCUT2D eigenvalue weighted by molar-refractivity contribution is 7.80. The Morgan fingerprint density at radius 1 is 1.06 bits per heavy atom. The Morgan fingerprint density at radius 2 is 1.67 bits per heavy atom. The first-order valence-corrected chi connectivity index (χ1v) is 12.4. The minimum Gasteiger partial charge on any atom is -0.462 e. The number of carbonyl (C=O) groups excluding carboxylic acids is 2. The minimum absolute atomic E-state index is 0.238. The predicted octanol–water partition coefficient (Wildman–Crippen LogP) is 4.58. The van der Waals surface area contributed by atoms with Crippen LogP contribution in [0.4, 0.5) is 5.00 Å². The van der Waals surface area contributed by atoms with Crippen LogP contribution in [0.25, 0.3) is 0 Å². The van der Waals surface area contributed by atoms with Gasteiger partial charge in [-0.2, -0.15) is 0 Å². The van der Waals surface area contributed by atoms with Crippen LogP contribution in [-0.2, 0) is 16.0 Å². The number of nitrogens with one attached hydrogen (secondary N) is 1. The van der Waals surface area contributed by atoms with Gasteiger partial charge in [-0.15, -0.1) is 11.3 Å². The number of carbonyl (C=O) groups is 2. The zero-order chi connectivity index (χ0) is 24.0. The molecule has 2 heterocycles. The van der Waals surface area contributed by atoms with E-state index in [1.54, 1.807) is 20.8 Å². The summed E-state index contributed by atoms with van der Waals surface area (Å²) in [6, 6.07) is 7.89. The largest absolute Gasteiger partial charge is 0.462 e. The molecule has 1 aromatic carbocycles. The lowest BCUT2D eigenvalue weighted by Gasteiger charge is -2.36. The highest BCUT2D eigenvalue weighted by Gasteiger charge is 2.28. The molecule has 1 saturated heterocycles. The van der Waals surface area contributed by atoms with Crippen LogP contribution in [0, 0.1) is 6.92 Å². The van der Waals surface area contributed by atoms with Crippen molar-refractivity contribution >= 4 is 57.2 Å². The van der Waals surface area contributed by atoms with Gasteiger partial charge in [0.1, 0.15) is 9.88 Å². The van der Waals surface area contributed by atoms with E-state index in [1.807, 2.05) is 24.3 Å². The van der Waals surface area contributed by atoms with Gasteiger partial charge in [-0.1, -0.05) is 23.7 Å². The van der Waals surface area contributed by atoms with Crippen molar-refractivity contribution in [2.45, 2.75) is 27.3 Å². The van der Waals surface area contributed by atoms with Gasteiger partial charge in [-0.25, -0.2) is 9.59 Å². The van der Waals surface area contributed by atoms with E-state index in [-0.39, 0.29) is 13.2 Å². The Morgan fingerprint density at radius 3 is 2.27 bits per heavy atom. The van der Waals surface area contributed by atoms with Crippen molar-refractivity contribution in [2.75, 3.05) is 44.7 Å². The maximum atomic E-state index is 12.6. The maximum absolute atomic E-state index is 12.6. The lowest BCUT2D eigenvalue weighted by Crippen LogP contribution is -2.49. The van der Waals surface area contributed by atoms with E-state index >= 15 is 0 Å². The first-order chi connectivity index (χ1) is 15.8. The van der Waals surface area contributed by atoms with Crippen LogP contribution in [0.1, 0.15) is 45.0 Å². The molecular formula is C23H28ClN3O4S2. The molecule has 2 aromatic rings. The second-order valence-corrected chi connectivity index (χ2v) is 9.36. The van der Waals surface area contributed by atoms with Gasteiger partial charge in [-0.3, -0.25) is 4.90 Å². The van der Waals surface area contributed by atoms with Crippen LogP contribution in [0.3, 0.4) is 0 Å². The molecule has 0 aliphatic carbocycles. The fraction of sp³-hybridized carbons (Fsp3) is 0.435. The quantitative estimate of drug-likeness (QED) is 0.429. The Bertz CT molecular complexity index is 1000. The number of nitrogens with zero attached hydrogens (tertiary/aromatic N) is 2. The standard InChI is InChI=1S/C23H28ClN3O4S2/c1-4-30-21(28)18-15(3)19(22(29)31-5-2)33-20(18)25-23(32)27-12-10-26(11-13-27)14-16-6-8-17(24)9-7-16/h6-9H,4-5,10-14H2,1-3H3,(H,25,32). The third-order valence-corrected chi connectivity index (χ3v) is 7.09. The second-order valence-electron chi connectivity index (χ2n) is 7.52. The molecule has 0 spiro atoms. The molecule has 1 N–H and O–H groups in total. The van der Waals surface area contributed by atoms with E-state index in [2.05, 4.69) is 15.1 Å². The summed E-state index contributed by atoms with van der Waals surface area (Å²) in [5.74, 6) is -0.944. The van der Waals surface area contributed by atoms with Crippen LogP contribution >= 0.6 is 35.2 Å². The van der Waals surface area contributed by atoms with Crippen molar-refractivity contribution in [1.29, 1.82) is 0 Å². The molecule has 1 aromatic heterocycles. The van der Waals surface area contributed by atoms with Gasteiger partial charge in [-0.05, 0) is 56.2 Å². The van der Waals surface area contributed by atoms with Gasteiger partial charge in [0.2, 0.25) is 0 Å². The monoisotopic (exact) mass is 509 g/mol. The Hall–Kier alpha value is -2.20. The summed E-state index contributed by atoms with van der Waals surface area (Å²) < 4.78 is 10.4. The molecule has 0 bridgehead atoms. The number of anilines is 1. The number of benzene rings is 1. The predicted molar refractivity (Wildman–Crippen MR) is 135 cm³/mol. The van der Waals surface area contributed by atoms with Gasteiger partial charge in [0, 0.05) is 37.7 Å². The molecular weight excluding hydrogens is 482 g/mol. The smallest absolute Gasteiger partial charge is 0.348 e. The van der Waals surface area contributed by atoms with Crippen molar-refractivity contribution in [2.24, 2.45) is 0 Å². The van der Waals surface area contributed by atoms with E-state index < -0.39 is 11.9 Å². The van der Waals surface area contributed by atoms with Crippen LogP contribution in [0.15, 0.2) is 24.3 Å². The first kappa shape index (κ1) is 25.4. The molecule has 1 aliphatic heterocycles. The van der Waals surface area contributed by atoms with E-state index in [9.17, 15) is 9.59 Å². The zero-order valence-corrected chi connectivity index (χ0v) is 21.4. The highest BCUT2D eigenvalue weighted by atomic mass is 35.5.